The molecule has 0 fully saturated rings. The Labute approximate surface area is 146 Å². The molecule has 0 bridgehead atoms. The Kier molecular flexibility index (Phi) is 6.74. The van der Waals surface area contributed by atoms with E-state index in [9.17, 15) is 13.2 Å². The molecule has 0 aromatic heterocycles. The first-order chi connectivity index (χ1) is 11.0. The van der Waals surface area contributed by atoms with E-state index in [-0.39, 0.29) is 17.7 Å². The Morgan fingerprint density at radius 2 is 2.13 bits per heavy atom. The van der Waals surface area contributed by atoms with Crippen LogP contribution in [0, 0.1) is 0 Å². The number of thiol groups is 1. The number of carbonyl (C=O) groups excluding carboxylic acids is 1. The zero-order valence-corrected chi connectivity index (χ0v) is 14.7. The predicted octanol–water partition coefficient (Wildman–Crippen LogP) is 3.37. The fourth-order valence-corrected chi connectivity index (χ4v) is 4.13. The van der Waals surface area contributed by atoms with Crippen LogP contribution in [0.25, 0.3) is 0 Å². The first-order valence-corrected chi connectivity index (χ1v) is 9.06. The number of ether oxygens (including phenoxy) is 1. The van der Waals surface area contributed by atoms with Crippen LogP contribution in [0.5, 0.6) is 0 Å². The van der Waals surface area contributed by atoms with Crippen LogP contribution in [-0.4, -0.2) is 27.5 Å². The van der Waals surface area contributed by atoms with Crippen LogP contribution in [-0.2, 0) is 20.4 Å². The maximum Gasteiger partial charge on any atom is 0.293 e. The van der Waals surface area contributed by atoms with Gasteiger partial charge in [-0.15, -0.1) is 0 Å². The lowest BCUT2D eigenvalue weighted by atomic mass is 9.92. The fourth-order valence-electron chi connectivity index (χ4n) is 2.73. The largest absolute Gasteiger partial charge is 0.468 e. The summed E-state index contributed by atoms with van der Waals surface area (Å²) in [5.74, 6) is 0. The van der Waals surface area contributed by atoms with E-state index in [2.05, 4.69) is 0 Å². The number of carbonyl (C=O) groups is 1. The van der Waals surface area contributed by atoms with Crippen LogP contribution in [0.2, 0.25) is 10.0 Å². The molecule has 0 spiro atoms. The molecule has 0 heterocycles. The van der Waals surface area contributed by atoms with Crippen molar-refractivity contribution in [1.29, 1.82) is 0 Å². The van der Waals surface area contributed by atoms with Gasteiger partial charge in [0.1, 0.15) is 0 Å². The molecule has 1 unspecified atom stereocenters. The number of anilines is 1. The van der Waals surface area contributed by atoms with E-state index in [4.69, 9.17) is 27.9 Å². The monoisotopic (exact) mass is 377 g/mol. The summed E-state index contributed by atoms with van der Waals surface area (Å²) in [5, 5.41) is 0.726. The van der Waals surface area contributed by atoms with E-state index < -0.39 is 10.9 Å². The zero-order chi connectivity index (χ0) is 16.8. The Bertz CT molecular complexity index is 667. The summed E-state index contributed by atoms with van der Waals surface area (Å²) in [6, 6.07) is 4.41. The van der Waals surface area contributed by atoms with Crippen molar-refractivity contribution in [2.45, 2.75) is 31.7 Å². The van der Waals surface area contributed by atoms with Crippen LogP contribution in [0.4, 0.5) is 5.69 Å². The Hall–Kier alpha value is -1.24. The van der Waals surface area contributed by atoms with Crippen molar-refractivity contribution in [3.8, 4) is 0 Å². The summed E-state index contributed by atoms with van der Waals surface area (Å²) < 4.78 is 29.8. The summed E-state index contributed by atoms with van der Waals surface area (Å²) >= 11 is 12.1. The number of halogens is 2. The van der Waals surface area contributed by atoms with E-state index in [1.165, 1.54) is 10.4 Å². The topological polar surface area (TPSA) is 63.7 Å². The molecule has 1 aromatic carbocycles. The molecular formula is C15H17Cl2NO4S. The summed E-state index contributed by atoms with van der Waals surface area (Å²) in [6.07, 6.45) is 4.96. The predicted molar refractivity (Wildman–Crippen MR) is 91.6 cm³/mol. The number of rotatable bonds is 7. The third-order valence-electron chi connectivity index (χ3n) is 3.72. The molecule has 0 amide bonds. The zero-order valence-electron chi connectivity index (χ0n) is 12.3. The summed E-state index contributed by atoms with van der Waals surface area (Å²) in [6.45, 7) is 0.615. The first-order valence-electron chi connectivity index (χ1n) is 7.17. The quantitative estimate of drug-likeness (QED) is 0.342. The molecular weight excluding hydrogens is 361 g/mol. The molecule has 1 aliphatic rings. The average molecular weight is 378 g/mol. The third kappa shape index (κ3) is 4.62. The smallest absolute Gasteiger partial charge is 0.293 e. The van der Waals surface area contributed by atoms with Gasteiger partial charge in [0.25, 0.3) is 6.47 Å². The molecule has 23 heavy (non-hydrogen) atoms. The average Bonchev–Trinajstić information content (AvgIpc) is 2.51. The number of benzene rings is 1. The van der Waals surface area contributed by atoms with Gasteiger partial charge in [0.2, 0.25) is 10.9 Å². The van der Waals surface area contributed by atoms with Crippen molar-refractivity contribution >= 4 is 46.3 Å². The van der Waals surface area contributed by atoms with Gasteiger partial charge in [-0.3, -0.25) is 9.10 Å². The molecule has 0 radical (unpaired) electrons. The molecule has 1 aliphatic carbocycles. The highest BCUT2D eigenvalue weighted by atomic mass is 35.5. The maximum atomic E-state index is 11.9. The summed E-state index contributed by atoms with van der Waals surface area (Å²) in [5.41, 5.74) is 1.34. The van der Waals surface area contributed by atoms with Gasteiger partial charge in [-0.1, -0.05) is 29.3 Å². The van der Waals surface area contributed by atoms with Gasteiger partial charge < -0.3 is 4.74 Å². The molecule has 0 saturated carbocycles. The Morgan fingerprint density at radius 3 is 2.78 bits per heavy atom. The van der Waals surface area contributed by atoms with Gasteiger partial charge in [0.05, 0.1) is 23.4 Å². The van der Waals surface area contributed by atoms with Crippen molar-refractivity contribution in [2.24, 2.45) is 0 Å². The Morgan fingerprint density at radius 1 is 1.35 bits per heavy atom. The number of nitrogens with zero attached hydrogens (tertiary/aromatic N) is 1. The number of hydrogen-bond acceptors (Lipinski definition) is 4. The minimum atomic E-state index is -2.88. The molecule has 0 saturated heterocycles. The molecule has 126 valence electrons. The van der Waals surface area contributed by atoms with Crippen LogP contribution < -0.4 is 4.31 Å². The second kappa shape index (κ2) is 8.57. The van der Waals surface area contributed by atoms with Crippen LogP contribution >= 0.6 is 23.2 Å². The van der Waals surface area contributed by atoms with Crippen LogP contribution in [0.3, 0.4) is 0 Å². The van der Waals surface area contributed by atoms with Crippen LogP contribution in [0.1, 0.15) is 25.7 Å². The molecule has 2 rings (SSSR count). The molecule has 1 aromatic rings. The van der Waals surface area contributed by atoms with Crippen molar-refractivity contribution in [2.75, 3.05) is 10.9 Å². The highest BCUT2D eigenvalue weighted by Gasteiger charge is 2.28. The lowest BCUT2D eigenvalue weighted by molar-refractivity contribution is -0.128. The second-order valence-corrected chi connectivity index (χ2v) is 6.87. The van der Waals surface area contributed by atoms with Crippen molar-refractivity contribution in [3.05, 3.63) is 39.9 Å². The van der Waals surface area contributed by atoms with Gasteiger partial charge in [0.15, 0.2) is 0 Å². The van der Waals surface area contributed by atoms with E-state index in [0.717, 1.165) is 18.4 Å². The highest BCUT2D eigenvalue weighted by Crippen LogP contribution is 2.35. The Balaban J connectivity index is 2.33. The lowest BCUT2D eigenvalue weighted by Crippen LogP contribution is -2.37. The minimum absolute atomic E-state index is 0.226. The van der Waals surface area contributed by atoms with E-state index in [1.54, 1.807) is 12.1 Å². The van der Waals surface area contributed by atoms with Crippen molar-refractivity contribution in [3.63, 3.8) is 0 Å². The summed E-state index contributed by atoms with van der Waals surface area (Å²) in [7, 11) is -2.88. The van der Waals surface area contributed by atoms with E-state index in [0.29, 0.717) is 30.0 Å². The first kappa shape index (κ1) is 18.1. The molecule has 1 atom stereocenters. The van der Waals surface area contributed by atoms with Gasteiger partial charge in [-0.05, 0) is 43.0 Å². The molecule has 0 aliphatic heterocycles. The molecule has 0 N–H and O–H groups in total. The molecule has 8 heteroatoms. The summed E-state index contributed by atoms with van der Waals surface area (Å²) in [4.78, 5) is 10.3. The maximum absolute atomic E-state index is 11.9. The van der Waals surface area contributed by atoms with Gasteiger partial charge in [0, 0.05) is 11.4 Å². The van der Waals surface area contributed by atoms with E-state index >= 15 is 0 Å². The van der Waals surface area contributed by atoms with Gasteiger partial charge >= 0.3 is 0 Å². The lowest BCUT2D eigenvalue weighted by Gasteiger charge is -2.33. The van der Waals surface area contributed by atoms with Crippen LogP contribution in [0.15, 0.2) is 29.8 Å². The standard InChI is InChI=1S/C15H17Cl2NO4S/c16-12-5-6-15(13(17)9-12)18(23(20)21)14-4-2-1-3-11(14)7-8-22-10-19/h3,5-6,9-10,14,23H,1-2,4,7-8H2. The second-order valence-electron chi connectivity index (χ2n) is 5.12. The van der Waals surface area contributed by atoms with Gasteiger partial charge in [-0.2, -0.15) is 0 Å². The highest BCUT2D eigenvalue weighted by molar-refractivity contribution is 7.74. The molecule has 5 nitrogen and oxygen atoms in total. The number of allylic oxidation sites excluding steroid dienone is 1. The normalized spacial score (nSPS) is 17.7. The number of hydrogen-bond donors (Lipinski definition) is 1. The van der Waals surface area contributed by atoms with Crippen molar-refractivity contribution < 1.29 is 17.9 Å². The third-order valence-corrected chi connectivity index (χ3v) is 5.10. The minimum Gasteiger partial charge on any atom is -0.468 e. The van der Waals surface area contributed by atoms with E-state index in [1.807, 2.05) is 6.08 Å². The fraction of sp³-hybridized carbons (Fsp3) is 0.400. The SMILES string of the molecule is O=COCCC1=CCCCC1N(c1ccc(Cl)cc1Cl)[SH](=O)=O. The van der Waals surface area contributed by atoms with Crippen molar-refractivity contribution in [1.82, 2.24) is 0 Å². The van der Waals surface area contributed by atoms with Gasteiger partial charge in [-0.25, -0.2) is 8.42 Å².